The van der Waals surface area contributed by atoms with Gasteiger partial charge in [0.15, 0.2) is 6.04 Å². The topological polar surface area (TPSA) is 88.2 Å². The molecule has 0 aliphatic carbocycles. The number of carbonyl (C=O) groups excluding carboxylic acids is 3. The lowest BCUT2D eigenvalue weighted by Crippen LogP contribution is -2.52. The number of halogens is 1. The van der Waals surface area contributed by atoms with E-state index in [4.69, 9.17) is 9.47 Å². The van der Waals surface area contributed by atoms with Crippen LogP contribution in [0, 0.1) is 3.57 Å². The van der Waals surface area contributed by atoms with Crippen molar-refractivity contribution in [3.05, 3.63) is 27.8 Å². The lowest BCUT2D eigenvalue weighted by atomic mass is 10.0. The first kappa shape index (κ1) is 18.7. The number of urea groups is 1. The highest BCUT2D eigenvalue weighted by atomic mass is 127. The van der Waals surface area contributed by atoms with Gasteiger partial charge < -0.3 is 19.7 Å². The molecule has 1 atom stereocenters. The van der Waals surface area contributed by atoms with Gasteiger partial charge in [-0.2, -0.15) is 0 Å². The highest BCUT2D eigenvalue weighted by Gasteiger charge is 2.44. The second-order valence-electron chi connectivity index (χ2n) is 6.15. The lowest BCUT2D eigenvalue weighted by molar-refractivity contribution is -0.145. The van der Waals surface area contributed by atoms with E-state index in [0.717, 1.165) is 9.26 Å². The van der Waals surface area contributed by atoms with Gasteiger partial charge in [0.05, 0.1) is 12.8 Å². The van der Waals surface area contributed by atoms with Gasteiger partial charge in [0.1, 0.15) is 6.61 Å². The molecule has 0 aromatic heterocycles. The first-order valence-corrected chi connectivity index (χ1v) is 9.42. The number of hydrogen-bond donors (Lipinski definition) is 1. The van der Waals surface area contributed by atoms with E-state index in [-0.39, 0.29) is 18.7 Å². The average molecular weight is 473 g/mol. The number of piperidine rings is 1. The van der Waals surface area contributed by atoms with Crippen LogP contribution in [0.3, 0.4) is 0 Å². The number of cyclic esters (lactones) is 1. The minimum Gasteiger partial charge on any atom is -0.467 e. The molecule has 26 heavy (non-hydrogen) atoms. The number of hydrogen-bond acceptors (Lipinski definition) is 5. The number of ether oxygens (including phenoxy) is 2. The van der Waals surface area contributed by atoms with E-state index in [9.17, 15) is 14.4 Å². The summed E-state index contributed by atoms with van der Waals surface area (Å²) in [4.78, 5) is 39.5. The van der Waals surface area contributed by atoms with Crippen LogP contribution < -0.4 is 5.32 Å². The van der Waals surface area contributed by atoms with Crippen molar-refractivity contribution in [2.45, 2.75) is 24.9 Å². The molecule has 3 amide bonds. The molecule has 2 aliphatic rings. The Morgan fingerprint density at radius 2 is 1.96 bits per heavy atom. The molecule has 2 fully saturated rings. The number of esters is 1. The summed E-state index contributed by atoms with van der Waals surface area (Å²) in [5.74, 6) is -0.477. The van der Waals surface area contributed by atoms with Gasteiger partial charge in [0, 0.05) is 22.7 Å². The van der Waals surface area contributed by atoms with E-state index in [1.807, 2.05) is 24.3 Å². The van der Waals surface area contributed by atoms with E-state index >= 15 is 0 Å². The van der Waals surface area contributed by atoms with Crippen LogP contribution >= 0.6 is 22.6 Å². The van der Waals surface area contributed by atoms with Gasteiger partial charge in [-0.15, -0.1) is 0 Å². The highest BCUT2D eigenvalue weighted by Crippen LogP contribution is 2.25. The number of likely N-dealkylation sites (tertiary alicyclic amines) is 1. The van der Waals surface area contributed by atoms with Gasteiger partial charge >= 0.3 is 18.1 Å². The number of carbonyl (C=O) groups is 3. The molecule has 3 rings (SSSR count). The SMILES string of the molecule is COC(=O)C1COC(=O)N1C1CCN(C(=O)Nc2ccccc2I)CC1. The van der Waals surface area contributed by atoms with E-state index in [2.05, 4.69) is 27.9 Å². The number of nitrogens with zero attached hydrogens (tertiary/aromatic N) is 2. The normalized spacial score (nSPS) is 20.7. The minimum absolute atomic E-state index is 0.0126. The average Bonchev–Trinajstić information content (AvgIpc) is 3.04. The fourth-order valence-corrected chi connectivity index (χ4v) is 3.78. The van der Waals surface area contributed by atoms with Crippen LogP contribution in [0.25, 0.3) is 0 Å². The summed E-state index contributed by atoms with van der Waals surface area (Å²) in [6, 6.07) is 6.55. The van der Waals surface area contributed by atoms with Crippen molar-refractivity contribution in [1.82, 2.24) is 9.80 Å². The largest absolute Gasteiger partial charge is 0.467 e. The fraction of sp³-hybridized carbons (Fsp3) is 0.471. The maximum atomic E-state index is 12.5. The van der Waals surface area contributed by atoms with Gasteiger partial charge in [0.2, 0.25) is 0 Å². The van der Waals surface area contributed by atoms with E-state index < -0.39 is 18.1 Å². The zero-order valence-corrected chi connectivity index (χ0v) is 16.5. The van der Waals surface area contributed by atoms with Gasteiger partial charge in [-0.3, -0.25) is 4.90 Å². The van der Waals surface area contributed by atoms with E-state index in [1.54, 1.807) is 4.90 Å². The van der Waals surface area contributed by atoms with Gasteiger partial charge in [-0.1, -0.05) is 12.1 Å². The quantitative estimate of drug-likeness (QED) is 0.538. The number of amides is 3. The Bertz CT molecular complexity index is 705. The molecule has 2 aliphatic heterocycles. The number of nitrogens with one attached hydrogen (secondary N) is 1. The molecule has 0 radical (unpaired) electrons. The summed E-state index contributed by atoms with van der Waals surface area (Å²) >= 11 is 2.17. The summed E-state index contributed by atoms with van der Waals surface area (Å²) in [6.45, 7) is 1.01. The van der Waals surface area contributed by atoms with Crippen LogP contribution in [0.15, 0.2) is 24.3 Å². The molecule has 1 aromatic rings. The molecular weight excluding hydrogens is 453 g/mol. The molecular formula is C17H20IN3O5. The summed E-state index contributed by atoms with van der Waals surface area (Å²) in [5.41, 5.74) is 0.772. The zero-order chi connectivity index (χ0) is 18.7. The second kappa shape index (κ2) is 8.11. The molecule has 0 spiro atoms. The number of para-hydroxylation sites is 1. The highest BCUT2D eigenvalue weighted by molar-refractivity contribution is 14.1. The molecule has 2 saturated heterocycles. The van der Waals surface area contributed by atoms with Gasteiger partial charge in [-0.05, 0) is 47.6 Å². The Hall–Kier alpha value is -2.04. The molecule has 1 aromatic carbocycles. The summed E-state index contributed by atoms with van der Waals surface area (Å²) < 4.78 is 10.7. The number of benzene rings is 1. The van der Waals surface area contributed by atoms with Crippen LogP contribution in [0.2, 0.25) is 0 Å². The van der Waals surface area contributed by atoms with Gasteiger partial charge in [0.25, 0.3) is 0 Å². The monoisotopic (exact) mass is 473 g/mol. The fourth-order valence-electron chi connectivity index (χ4n) is 3.26. The molecule has 0 saturated carbocycles. The molecule has 9 heteroatoms. The zero-order valence-electron chi connectivity index (χ0n) is 14.3. The Balaban J connectivity index is 1.58. The summed E-state index contributed by atoms with van der Waals surface area (Å²) in [7, 11) is 1.29. The van der Waals surface area contributed by atoms with Gasteiger partial charge in [-0.25, -0.2) is 14.4 Å². The third-order valence-corrected chi connectivity index (χ3v) is 5.59. The smallest absolute Gasteiger partial charge is 0.410 e. The van der Waals surface area contributed by atoms with Crippen molar-refractivity contribution in [3.63, 3.8) is 0 Å². The van der Waals surface area contributed by atoms with Crippen molar-refractivity contribution >= 4 is 46.4 Å². The molecule has 2 heterocycles. The summed E-state index contributed by atoms with van der Waals surface area (Å²) in [6.07, 6.45) is 0.672. The molecule has 140 valence electrons. The van der Waals surface area contributed by atoms with Crippen molar-refractivity contribution in [1.29, 1.82) is 0 Å². The predicted molar refractivity (Wildman–Crippen MR) is 102 cm³/mol. The van der Waals surface area contributed by atoms with Crippen LogP contribution in [0.5, 0.6) is 0 Å². The maximum Gasteiger partial charge on any atom is 0.410 e. The molecule has 0 bridgehead atoms. The molecule has 8 nitrogen and oxygen atoms in total. The van der Waals surface area contributed by atoms with Crippen LogP contribution in [0.4, 0.5) is 15.3 Å². The maximum absolute atomic E-state index is 12.5. The predicted octanol–water partition coefficient (Wildman–Crippen LogP) is 2.28. The number of anilines is 1. The first-order chi connectivity index (χ1) is 12.5. The Morgan fingerprint density at radius 3 is 2.62 bits per heavy atom. The Kier molecular flexibility index (Phi) is 5.84. The van der Waals surface area contributed by atoms with Crippen molar-refractivity contribution in [2.75, 3.05) is 32.1 Å². The minimum atomic E-state index is -0.705. The first-order valence-electron chi connectivity index (χ1n) is 8.34. The molecule has 1 N–H and O–H groups in total. The Labute approximate surface area is 164 Å². The third kappa shape index (κ3) is 3.87. The third-order valence-electron chi connectivity index (χ3n) is 4.65. The lowest BCUT2D eigenvalue weighted by Gasteiger charge is -2.37. The van der Waals surface area contributed by atoms with Crippen LogP contribution in [-0.4, -0.2) is 66.8 Å². The van der Waals surface area contributed by atoms with Crippen molar-refractivity contribution in [2.24, 2.45) is 0 Å². The van der Waals surface area contributed by atoms with Crippen LogP contribution in [0.1, 0.15) is 12.8 Å². The van der Waals surface area contributed by atoms with E-state index in [1.165, 1.54) is 12.0 Å². The molecule has 1 unspecified atom stereocenters. The number of methoxy groups -OCH3 is 1. The van der Waals surface area contributed by atoms with Crippen LogP contribution in [-0.2, 0) is 14.3 Å². The van der Waals surface area contributed by atoms with Crippen molar-refractivity contribution < 1.29 is 23.9 Å². The van der Waals surface area contributed by atoms with E-state index in [0.29, 0.717) is 25.9 Å². The number of rotatable bonds is 3. The summed E-state index contributed by atoms with van der Waals surface area (Å²) in [5, 5.41) is 2.91. The second-order valence-corrected chi connectivity index (χ2v) is 7.31. The Morgan fingerprint density at radius 1 is 1.27 bits per heavy atom. The van der Waals surface area contributed by atoms with Crippen molar-refractivity contribution in [3.8, 4) is 0 Å². The standard InChI is InChI=1S/C17H20IN3O5/c1-25-15(22)14-10-26-17(24)21(14)11-6-8-20(9-7-11)16(23)19-13-5-3-2-4-12(13)18/h2-5,11,14H,6-10H2,1H3,(H,19,23).